The molecule has 0 aliphatic carbocycles. The molecular weight excluding hydrogens is 715 g/mol. The molecule has 6 aromatic carbocycles. The van der Waals surface area contributed by atoms with Crippen molar-refractivity contribution in [2.45, 2.75) is 0 Å². The van der Waals surface area contributed by atoms with E-state index in [4.69, 9.17) is 11.8 Å². The first kappa shape index (κ1) is 31.9. The summed E-state index contributed by atoms with van der Waals surface area (Å²) in [5, 5.41) is 14.9. The van der Waals surface area contributed by atoms with E-state index < -0.39 is 15.8 Å². The van der Waals surface area contributed by atoms with Gasteiger partial charge in [-0.3, -0.25) is 0 Å². The van der Waals surface area contributed by atoms with Crippen LogP contribution in [-0.4, -0.2) is 0 Å². The second-order valence-corrected chi connectivity index (χ2v) is 13.9. The third-order valence-corrected chi connectivity index (χ3v) is 11.8. The minimum absolute atomic E-state index is 0. The Hall–Kier alpha value is -3.64. The van der Waals surface area contributed by atoms with Gasteiger partial charge in [0.05, 0.1) is 15.8 Å². The summed E-state index contributed by atoms with van der Waals surface area (Å²) in [6.45, 7) is 4.75. The third kappa shape index (κ3) is 9.19. The molecular formula is C37H33NP2Pt+2. The Balaban J connectivity index is 0.000000208. The maximum Gasteiger partial charge on any atom is 0.102 e. The Morgan fingerprint density at radius 3 is 0.512 bits per heavy atom. The summed E-state index contributed by atoms with van der Waals surface area (Å²) in [4.78, 5) is 0. The van der Waals surface area contributed by atoms with Crippen molar-refractivity contribution in [2.24, 2.45) is 0 Å². The monoisotopic (exact) mass is 748 g/mol. The molecule has 0 spiro atoms. The van der Waals surface area contributed by atoms with Crippen LogP contribution in [0.2, 0.25) is 0 Å². The molecule has 0 aliphatic rings. The van der Waals surface area contributed by atoms with Crippen LogP contribution >= 0.6 is 15.8 Å². The van der Waals surface area contributed by atoms with Crippen LogP contribution in [0.3, 0.4) is 0 Å². The summed E-state index contributed by atoms with van der Waals surface area (Å²) in [6.07, 6.45) is 0. The van der Waals surface area contributed by atoms with Gasteiger partial charge in [0.25, 0.3) is 0 Å². The number of hydrogen-bond acceptors (Lipinski definition) is 1. The summed E-state index contributed by atoms with van der Waals surface area (Å²) in [5.41, 5.74) is 0. The molecule has 0 aliphatic heterocycles. The zero-order valence-electron chi connectivity index (χ0n) is 22.6. The van der Waals surface area contributed by atoms with E-state index in [2.05, 4.69) is 182 Å². The Kier molecular flexibility index (Phi) is 13.9. The van der Waals surface area contributed by atoms with Crippen LogP contribution < -0.4 is 31.8 Å². The Bertz CT molecular complexity index is 1220. The van der Waals surface area contributed by atoms with Crippen LogP contribution in [0.25, 0.3) is 0 Å². The summed E-state index contributed by atoms with van der Waals surface area (Å²) < 4.78 is 0. The van der Waals surface area contributed by atoms with Crippen LogP contribution in [0.1, 0.15) is 0 Å². The summed E-state index contributed by atoms with van der Waals surface area (Å²) in [7, 11) is -1.75. The third-order valence-electron chi connectivity index (χ3n) is 6.37. The number of rotatable bonds is 6. The van der Waals surface area contributed by atoms with Crippen molar-refractivity contribution in [1.82, 2.24) is 0 Å². The molecule has 0 amide bonds. The van der Waals surface area contributed by atoms with E-state index in [0.717, 1.165) is 0 Å². The van der Waals surface area contributed by atoms with Gasteiger partial charge in [0, 0.05) is 0 Å². The fourth-order valence-corrected chi connectivity index (χ4v) is 9.78. The van der Waals surface area contributed by atoms with Crippen molar-refractivity contribution >= 4 is 47.7 Å². The van der Waals surface area contributed by atoms with Crippen LogP contribution in [0.4, 0.5) is 0 Å². The maximum atomic E-state index is 6.25. The molecule has 0 saturated heterocycles. The second kappa shape index (κ2) is 17.9. The molecule has 1 radical (unpaired) electrons. The van der Waals surface area contributed by atoms with Gasteiger partial charge in [-0.05, 0) is 72.8 Å². The summed E-state index contributed by atoms with van der Waals surface area (Å²) >= 11 is 0. The van der Waals surface area contributed by atoms with E-state index in [9.17, 15) is 0 Å². The molecule has 0 saturated carbocycles. The Morgan fingerprint density at radius 2 is 0.390 bits per heavy atom. The maximum absolute atomic E-state index is 6.25. The fourth-order valence-electron chi connectivity index (χ4n) is 4.63. The molecule has 0 fully saturated rings. The van der Waals surface area contributed by atoms with Gasteiger partial charge in [-0.25, -0.2) is 0 Å². The predicted molar refractivity (Wildman–Crippen MR) is 179 cm³/mol. The first-order valence-electron chi connectivity index (χ1n) is 13.2. The van der Waals surface area contributed by atoms with Crippen molar-refractivity contribution in [3.05, 3.63) is 189 Å². The number of hydrogen-bond donors (Lipinski definition) is 0. The SMILES string of the molecule is [C-]#N.[PtH+].c1ccc([PH+](c2ccccc2)c2ccccc2)cc1.c1ccc([PH+](c2ccccc2)c2ccccc2)cc1. The van der Waals surface area contributed by atoms with Crippen LogP contribution in [-0.2, 0) is 21.1 Å². The van der Waals surface area contributed by atoms with Gasteiger partial charge in [0.15, 0.2) is 0 Å². The molecule has 0 atom stereocenters. The normalized spacial score (nSPS) is 9.85. The molecule has 4 heteroatoms. The Labute approximate surface area is 261 Å². The van der Waals surface area contributed by atoms with Gasteiger partial charge < -0.3 is 11.8 Å². The molecule has 41 heavy (non-hydrogen) atoms. The van der Waals surface area contributed by atoms with Gasteiger partial charge in [-0.15, -0.1) is 0 Å². The number of benzene rings is 6. The molecule has 6 aromatic rings. The smallest absolute Gasteiger partial charge is 0.0620 e. The van der Waals surface area contributed by atoms with Gasteiger partial charge in [-0.1, -0.05) is 109 Å². The standard InChI is InChI=1S/2C18H15P.CN.Pt.H/c2*1-4-10-16(11-5-1)19(17-12-6-2-7-13-17)18-14-8-3-9-15-18;1-2;;/h2*1-15H;;;/q;;-1;+1;/p+2. The fraction of sp³-hybridized carbons (Fsp3) is 0. The summed E-state index contributed by atoms with van der Waals surface area (Å²) in [6, 6.07) is 65.0. The molecule has 0 bridgehead atoms. The van der Waals surface area contributed by atoms with Gasteiger partial charge in [0.2, 0.25) is 0 Å². The zero-order valence-corrected chi connectivity index (χ0v) is 27.0. The van der Waals surface area contributed by atoms with Gasteiger partial charge in [-0.2, -0.15) is 0 Å². The van der Waals surface area contributed by atoms with E-state index in [1.54, 1.807) is 0 Å². The van der Waals surface area contributed by atoms with E-state index in [-0.39, 0.29) is 21.1 Å². The first-order valence-corrected chi connectivity index (χ1v) is 16.2. The minimum atomic E-state index is -0.877. The van der Waals surface area contributed by atoms with Crippen molar-refractivity contribution in [3.63, 3.8) is 0 Å². The Morgan fingerprint density at radius 1 is 0.268 bits per heavy atom. The van der Waals surface area contributed by atoms with Gasteiger partial charge in [0.1, 0.15) is 31.8 Å². The van der Waals surface area contributed by atoms with Crippen molar-refractivity contribution in [1.29, 1.82) is 5.26 Å². The van der Waals surface area contributed by atoms with Gasteiger partial charge >= 0.3 is 21.1 Å². The number of nitrogens with zero attached hydrogens (tertiary/aromatic N) is 1. The largest absolute Gasteiger partial charge is 0.102 e. The van der Waals surface area contributed by atoms with Crippen LogP contribution in [0.15, 0.2) is 182 Å². The van der Waals surface area contributed by atoms with E-state index in [1.807, 2.05) is 0 Å². The van der Waals surface area contributed by atoms with E-state index >= 15 is 0 Å². The molecule has 1 nitrogen and oxygen atoms in total. The molecule has 6 rings (SSSR count). The molecule has 0 unspecified atom stereocenters. The van der Waals surface area contributed by atoms with E-state index in [0.29, 0.717) is 0 Å². The molecule has 0 N–H and O–H groups in total. The molecule has 0 aromatic heterocycles. The second-order valence-electron chi connectivity index (χ2n) is 8.95. The minimum Gasteiger partial charge on any atom is -0.0620 e. The first-order chi connectivity index (χ1) is 19.9. The van der Waals surface area contributed by atoms with E-state index in [1.165, 1.54) is 31.8 Å². The average Bonchev–Trinajstić information content (AvgIpc) is 3.06. The topological polar surface area (TPSA) is 23.8 Å². The van der Waals surface area contributed by atoms with Crippen molar-refractivity contribution in [2.75, 3.05) is 0 Å². The zero-order chi connectivity index (χ0) is 27.8. The summed E-state index contributed by atoms with van der Waals surface area (Å²) in [5.74, 6) is 0. The van der Waals surface area contributed by atoms with Crippen LogP contribution in [0.5, 0.6) is 0 Å². The van der Waals surface area contributed by atoms with Crippen LogP contribution in [0, 0.1) is 11.8 Å². The average molecular weight is 749 g/mol. The molecule has 0 heterocycles. The van der Waals surface area contributed by atoms with Crippen molar-refractivity contribution < 1.29 is 21.1 Å². The quantitative estimate of drug-likeness (QED) is 0.148. The van der Waals surface area contributed by atoms with Crippen molar-refractivity contribution in [3.8, 4) is 0 Å². The molecule has 204 valence electrons. The predicted octanol–water partition coefficient (Wildman–Crippen LogP) is 6.18.